The van der Waals surface area contributed by atoms with Gasteiger partial charge in [0.25, 0.3) is 0 Å². The number of hydrogen-bond donors (Lipinski definition) is 2. The Bertz CT molecular complexity index is 1380. The third kappa shape index (κ3) is 4.22. The summed E-state index contributed by atoms with van der Waals surface area (Å²) in [6.45, 7) is 3.83. The fourth-order valence-corrected chi connectivity index (χ4v) is 5.18. The zero-order valence-electron chi connectivity index (χ0n) is 20.4. The number of nitrogens with two attached hydrogens (primary N) is 1. The second kappa shape index (κ2) is 9.22. The number of nitrogens with zero attached hydrogens (tertiary/aromatic N) is 4. The van der Waals surface area contributed by atoms with Crippen molar-refractivity contribution in [2.45, 2.75) is 50.7 Å². The lowest BCUT2D eigenvalue weighted by atomic mass is 9.67. The van der Waals surface area contributed by atoms with Gasteiger partial charge >= 0.3 is 0 Å². The number of pyridine rings is 1. The molecule has 0 aliphatic heterocycles. The van der Waals surface area contributed by atoms with Crippen LogP contribution in [-0.2, 0) is 6.42 Å². The van der Waals surface area contributed by atoms with Crippen molar-refractivity contribution < 1.29 is 18.6 Å². The first-order valence-electron chi connectivity index (χ1n) is 12.0. The molecule has 0 amide bonds. The fraction of sp³-hybridized carbons (Fsp3) is 0.370. The largest absolute Gasteiger partial charge is 0.497 e. The van der Waals surface area contributed by atoms with Crippen molar-refractivity contribution in [2.75, 3.05) is 7.11 Å². The smallest absolute Gasteiger partial charge is 0.139 e. The number of methoxy groups -OCH3 is 1. The van der Waals surface area contributed by atoms with Crippen molar-refractivity contribution in [2.24, 2.45) is 11.7 Å². The highest BCUT2D eigenvalue weighted by Gasteiger charge is 2.42. The van der Waals surface area contributed by atoms with Gasteiger partial charge < -0.3 is 15.6 Å². The summed E-state index contributed by atoms with van der Waals surface area (Å²) < 4.78 is 36.0. The monoisotopic (exact) mass is 493 g/mol. The lowest BCUT2D eigenvalue weighted by molar-refractivity contribution is -0.0464. The molecule has 1 aliphatic carbocycles. The Morgan fingerprint density at radius 2 is 1.92 bits per heavy atom. The number of aliphatic hydroxyl groups is 1. The number of halogens is 2. The van der Waals surface area contributed by atoms with Crippen molar-refractivity contribution in [3.8, 4) is 17.0 Å². The molecule has 0 unspecified atom stereocenters. The number of hydrogen-bond acceptors (Lipinski definition) is 6. The van der Waals surface area contributed by atoms with Crippen LogP contribution in [0.25, 0.3) is 16.8 Å². The Labute approximate surface area is 208 Å². The minimum atomic E-state index is -0.907. The highest BCUT2D eigenvalue weighted by molar-refractivity contribution is 5.63. The van der Waals surface area contributed by atoms with Gasteiger partial charge in [0, 0.05) is 37.0 Å². The van der Waals surface area contributed by atoms with E-state index in [-0.39, 0.29) is 34.9 Å². The number of imidazole rings is 1. The lowest BCUT2D eigenvalue weighted by Gasteiger charge is -2.44. The van der Waals surface area contributed by atoms with Crippen LogP contribution in [-0.4, -0.2) is 43.4 Å². The molecule has 0 radical (unpaired) electrons. The quantitative estimate of drug-likeness (QED) is 0.431. The van der Waals surface area contributed by atoms with E-state index in [0.29, 0.717) is 24.2 Å². The number of benzene rings is 1. The summed E-state index contributed by atoms with van der Waals surface area (Å²) in [7, 11) is 1.35. The highest BCUT2D eigenvalue weighted by atomic mass is 19.1. The Balaban J connectivity index is 1.50. The molecule has 9 heteroatoms. The molecule has 7 nitrogen and oxygen atoms in total. The maximum absolute atomic E-state index is 14.7. The predicted molar refractivity (Wildman–Crippen MR) is 132 cm³/mol. The van der Waals surface area contributed by atoms with Gasteiger partial charge in [0.05, 0.1) is 35.7 Å². The summed E-state index contributed by atoms with van der Waals surface area (Å²) >= 11 is 0. The third-order valence-electron chi connectivity index (χ3n) is 7.62. The van der Waals surface area contributed by atoms with Gasteiger partial charge in [0.15, 0.2) is 0 Å². The number of ether oxygens (including phenoxy) is 1. The van der Waals surface area contributed by atoms with Crippen LogP contribution in [0.1, 0.15) is 49.6 Å². The first-order chi connectivity index (χ1) is 17.2. The number of aromatic nitrogens is 4. The molecule has 1 fully saturated rings. The Morgan fingerprint density at radius 3 is 2.61 bits per heavy atom. The van der Waals surface area contributed by atoms with Gasteiger partial charge in [-0.15, -0.1) is 0 Å². The summed E-state index contributed by atoms with van der Waals surface area (Å²) in [6, 6.07) is 7.23. The Kier molecular flexibility index (Phi) is 6.22. The molecule has 5 rings (SSSR count). The normalized spacial score (nSPS) is 24.2. The molecule has 4 atom stereocenters. The van der Waals surface area contributed by atoms with E-state index in [2.05, 4.69) is 15.1 Å². The van der Waals surface area contributed by atoms with Gasteiger partial charge in [-0.1, -0.05) is 6.92 Å². The van der Waals surface area contributed by atoms with Gasteiger partial charge in [-0.25, -0.2) is 18.3 Å². The van der Waals surface area contributed by atoms with Crippen LogP contribution in [0.5, 0.6) is 5.75 Å². The highest BCUT2D eigenvalue weighted by Crippen LogP contribution is 2.42. The van der Waals surface area contributed by atoms with Crippen molar-refractivity contribution in [1.82, 2.24) is 19.6 Å². The van der Waals surface area contributed by atoms with E-state index in [1.807, 2.05) is 19.2 Å². The first-order valence-corrected chi connectivity index (χ1v) is 12.0. The van der Waals surface area contributed by atoms with Gasteiger partial charge in [-0.2, -0.15) is 5.10 Å². The van der Waals surface area contributed by atoms with Gasteiger partial charge in [0.1, 0.15) is 23.2 Å². The number of rotatable bonds is 5. The van der Waals surface area contributed by atoms with Crippen molar-refractivity contribution in [1.29, 1.82) is 0 Å². The van der Waals surface area contributed by atoms with E-state index >= 15 is 0 Å². The average molecular weight is 494 g/mol. The minimum Gasteiger partial charge on any atom is -0.497 e. The van der Waals surface area contributed by atoms with E-state index in [4.69, 9.17) is 10.5 Å². The molecule has 1 aromatic carbocycles. The average Bonchev–Trinajstić information content (AvgIpc) is 3.24. The van der Waals surface area contributed by atoms with Crippen LogP contribution in [0, 0.1) is 17.6 Å². The van der Waals surface area contributed by atoms with Crippen LogP contribution in [0.2, 0.25) is 0 Å². The van der Waals surface area contributed by atoms with Gasteiger partial charge in [-0.05, 0) is 60.9 Å². The molecule has 188 valence electrons. The summed E-state index contributed by atoms with van der Waals surface area (Å²) in [5.41, 5.74) is 8.16. The zero-order chi connectivity index (χ0) is 25.6. The molecule has 3 aromatic heterocycles. The van der Waals surface area contributed by atoms with E-state index in [1.165, 1.54) is 7.11 Å². The lowest BCUT2D eigenvalue weighted by Crippen LogP contribution is -2.54. The molecular formula is C27H29F2N5O2. The van der Waals surface area contributed by atoms with Gasteiger partial charge in [0.2, 0.25) is 0 Å². The zero-order valence-corrected chi connectivity index (χ0v) is 20.4. The van der Waals surface area contributed by atoms with E-state index < -0.39 is 17.2 Å². The maximum Gasteiger partial charge on any atom is 0.139 e. The van der Waals surface area contributed by atoms with Crippen molar-refractivity contribution >= 4 is 5.52 Å². The standard InChI is InChI=1S/C27H29F2N5O2/c1-15-8-16(9-24(30)27(15,2)35)20-6-7-31-13-17(20)10-25-32-14-18-4-5-23(33-34(18)25)26-21(28)11-19(36-3)12-22(26)29/h4-7,11-16,24,35H,8-10,30H2,1-3H3/t15-,16+,24+,27+/m0/s1. The fourth-order valence-electron chi connectivity index (χ4n) is 5.18. The minimum absolute atomic E-state index is 0.0398. The summed E-state index contributed by atoms with van der Waals surface area (Å²) in [5.74, 6) is -0.582. The molecule has 0 saturated heterocycles. The summed E-state index contributed by atoms with van der Waals surface area (Å²) in [5, 5.41) is 15.3. The molecule has 0 bridgehead atoms. The van der Waals surface area contributed by atoms with E-state index in [1.54, 1.807) is 36.0 Å². The van der Waals surface area contributed by atoms with E-state index in [0.717, 1.165) is 29.7 Å². The Morgan fingerprint density at radius 1 is 1.17 bits per heavy atom. The molecule has 36 heavy (non-hydrogen) atoms. The van der Waals surface area contributed by atoms with Crippen LogP contribution < -0.4 is 10.5 Å². The third-order valence-corrected chi connectivity index (χ3v) is 7.62. The van der Waals surface area contributed by atoms with Crippen molar-refractivity contribution in [3.05, 3.63) is 77.5 Å². The second-order valence-electron chi connectivity index (χ2n) is 9.85. The summed E-state index contributed by atoms with van der Waals surface area (Å²) in [4.78, 5) is 8.86. The summed E-state index contributed by atoms with van der Waals surface area (Å²) in [6.07, 6.45) is 7.15. The van der Waals surface area contributed by atoms with Crippen LogP contribution in [0.3, 0.4) is 0 Å². The predicted octanol–water partition coefficient (Wildman–Crippen LogP) is 4.26. The van der Waals surface area contributed by atoms with Gasteiger partial charge in [-0.3, -0.25) is 4.98 Å². The SMILES string of the molecule is COc1cc(F)c(-c2ccc3cnc(Cc4cnccc4[C@H]4C[C@@H](N)[C@](C)(O)[C@@H](C)C4)n3n2)c(F)c1. The molecule has 4 aromatic rings. The molecule has 1 saturated carbocycles. The first kappa shape index (κ1) is 24.3. The molecular weight excluding hydrogens is 464 g/mol. The molecule has 3 N–H and O–H groups in total. The molecule has 0 spiro atoms. The second-order valence-corrected chi connectivity index (χ2v) is 9.85. The molecule has 3 heterocycles. The maximum atomic E-state index is 14.7. The van der Waals surface area contributed by atoms with Crippen LogP contribution in [0.15, 0.2) is 48.9 Å². The topological polar surface area (TPSA) is 98.6 Å². The van der Waals surface area contributed by atoms with Crippen LogP contribution in [0.4, 0.5) is 8.78 Å². The number of fused-ring (bicyclic) bond motifs is 1. The molecule has 1 aliphatic rings. The van der Waals surface area contributed by atoms with E-state index in [9.17, 15) is 13.9 Å². The Hall–Kier alpha value is -3.43. The van der Waals surface area contributed by atoms with Crippen LogP contribution >= 0.6 is 0 Å². The van der Waals surface area contributed by atoms with Crippen molar-refractivity contribution in [3.63, 3.8) is 0 Å².